The van der Waals surface area contributed by atoms with E-state index in [0.29, 0.717) is 11.3 Å². The number of rotatable bonds is 6. The van der Waals surface area contributed by atoms with Gasteiger partial charge in [0, 0.05) is 49.0 Å². The highest BCUT2D eigenvalue weighted by molar-refractivity contribution is 7.20. The molecule has 0 bridgehead atoms. The van der Waals surface area contributed by atoms with Crippen LogP contribution in [-0.4, -0.2) is 9.97 Å². The standard InChI is InChI=1S/C58H36N2S/c1-3-14-38(15-4-1)53-54(39-16-5-2-6-17-39)58(51-36-43-18-7-8-20-44(43)46-21-10-12-24-49(46)51)61-57(53)42-29-25-37(26-30-42)45-32-33-50(48-23-11-9-22-47(45)48)52-34-31-41-28-27-40-19-13-35-59-55(40)56(41)60-52/h1-36H/i1D,2D,3D,4D,5D,6D,7D,8D,10D,12D,13D,14D,15D,16D,17D,18D,19D,20D,21D,24D,25D,26D,27D,28D,29D,30D,31D,34D,35D,36D. The highest BCUT2D eigenvalue weighted by atomic mass is 32.1. The monoisotopic (exact) mass is 822 g/mol. The maximum absolute atomic E-state index is 10.0. The topological polar surface area (TPSA) is 25.8 Å². The largest absolute Gasteiger partial charge is 0.254 e. The van der Waals surface area contributed by atoms with Crippen LogP contribution in [-0.2, 0) is 0 Å². The molecule has 61 heavy (non-hydrogen) atoms. The number of hydrogen-bond donors (Lipinski definition) is 0. The Balaban J connectivity index is 1.23. The van der Waals surface area contributed by atoms with Crippen LogP contribution in [0, 0.1) is 0 Å². The van der Waals surface area contributed by atoms with Gasteiger partial charge in [-0.2, -0.15) is 0 Å². The van der Waals surface area contributed by atoms with Crippen molar-refractivity contribution in [1.82, 2.24) is 9.97 Å². The van der Waals surface area contributed by atoms with Gasteiger partial charge in [-0.3, -0.25) is 4.98 Å². The molecule has 0 radical (unpaired) electrons. The lowest BCUT2D eigenvalue weighted by Crippen LogP contribution is -1.91. The fraction of sp³-hybridized carbons (Fsp3) is 0. The molecule has 284 valence electrons. The molecular weight excluding hydrogens is 757 g/mol. The maximum Gasteiger partial charge on any atom is 0.0972 e. The number of nitrogens with zero attached hydrogens (tertiary/aromatic N) is 2. The molecule has 0 unspecified atom stereocenters. The zero-order valence-corrected chi connectivity index (χ0v) is 31.6. The lowest BCUT2D eigenvalue weighted by Gasteiger charge is -2.14. The summed E-state index contributed by atoms with van der Waals surface area (Å²) in [6.45, 7) is 0. The van der Waals surface area contributed by atoms with E-state index < -0.39 is 246 Å². The molecule has 3 heteroatoms. The van der Waals surface area contributed by atoms with Crippen LogP contribution in [0.2, 0.25) is 0 Å². The van der Waals surface area contributed by atoms with E-state index in [1.165, 1.54) is 18.2 Å². The Bertz CT molecular complexity index is 5340. The van der Waals surface area contributed by atoms with E-state index in [9.17, 15) is 16.4 Å². The maximum atomic E-state index is 10.0. The third-order valence-electron chi connectivity index (χ3n) is 10.0. The van der Waals surface area contributed by atoms with Crippen LogP contribution in [0.5, 0.6) is 0 Å². The van der Waals surface area contributed by atoms with Crippen LogP contribution in [0.15, 0.2) is 218 Å². The lowest BCUT2D eigenvalue weighted by molar-refractivity contribution is 1.37. The number of fused-ring (bicyclic) bond motifs is 7. The van der Waals surface area contributed by atoms with Crippen LogP contribution in [0.3, 0.4) is 0 Å². The molecule has 2 nitrogen and oxygen atoms in total. The van der Waals surface area contributed by atoms with E-state index >= 15 is 0 Å². The van der Waals surface area contributed by atoms with Crippen molar-refractivity contribution in [2.24, 2.45) is 0 Å². The van der Waals surface area contributed by atoms with Gasteiger partial charge < -0.3 is 0 Å². The average Bonchev–Trinajstić information content (AvgIpc) is 1.69. The Hall–Kier alpha value is -7.72. The molecule has 0 fully saturated rings. The number of thiophene rings is 1. The van der Waals surface area contributed by atoms with Crippen molar-refractivity contribution in [3.63, 3.8) is 0 Å². The third kappa shape index (κ3) is 5.93. The van der Waals surface area contributed by atoms with Crippen LogP contribution in [0.1, 0.15) is 41.1 Å². The fourth-order valence-corrected chi connectivity index (χ4v) is 8.65. The van der Waals surface area contributed by atoms with Crippen LogP contribution >= 0.6 is 11.3 Å². The van der Waals surface area contributed by atoms with Crippen molar-refractivity contribution in [2.45, 2.75) is 0 Å². The second-order valence-electron chi connectivity index (χ2n) is 13.3. The van der Waals surface area contributed by atoms with Crippen molar-refractivity contribution < 1.29 is 41.1 Å². The summed E-state index contributed by atoms with van der Waals surface area (Å²) in [4.78, 5) is 7.66. The molecule has 3 aromatic heterocycles. The Morgan fingerprint density at radius 1 is 0.377 bits per heavy atom. The van der Waals surface area contributed by atoms with Crippen molar-refractivity contribution in [3.05, 3.63) is 218 Å². The van der Waals surface area contributed by atoms with Gasteiger partial charge in [-0.15, -0.1) is 11.3 Å². The molecule has 3 heterocycles. The minimum absolute atomic E-state index is 0.0131. The van der Waals surface area contributed by atoms with Crippen LogP contribution in [0.4, 0.5) is 0 Å². The van der Waals surface area contributed by atoms with E-state index in [4.69, 9.17) is 24.7 Å². The number of pyridine rings is 2. The average molecular weight is 823 g/mol. The first-order valence-electron chi connectivity index (χ1n) is 33.3. The minimum atomic E-state index is -1.02. The zero-order valence-electron chi connectivity index (χ0n) is 60.8. The molecule has 0 aliphatic rings. The molecule has 0 spiro atoms. The Morgan fingerprint density at radius 2 is 0.951 bits per heavy atom. The van der Waals surface area contributed by atoms with Gasteiger partial charge in [0.05, 0.1) is 57.9 Å². The molecule has 0 amide bonds. The number of aromatic nitrogens is 2. The Morgan fingerprint density at radius 3 is 1.70 bits per heavy atom. The SMILES string of the molecule is [2H]c1nc2c(c([2H])c1[2H])c([2H])c([2H])c1c([2H])c([2H])c(-c3ccc(-c4c([2H])c([2H])c(-c5sc(-c6c([2H])c7c([2H])c([2H])c([2H])c([2H])c7c7c([2H])c([2H])c([2H])c([2H])c67)c(-c6c([2H])c([2H])c([2H])c([2H])c6[2H])c5-c5c([2H])c([2H])c([2H])c([2H])c5[2H])c([2H])c4[2H])c4ccccc34)nc12. The summed E-state index contributed by atoms with van der Waals surface area (Å²) >= 11 is 0.345. The summed E-state index contributed by atoms with van der Waals surface area (Å²) in [5.74, 6) is 0. The first-order chi connectivity index (χ1) is 42.7. The van der Waals surface area contributed by atoms with Gasteiger partial charge in [0.15, 0.2) is 0 Å². The first-order valence-corrected chi connectivity index (χ1v) is 19.1. The van der Waals surface area contributed by atoms with Crippen molar-refractivity contribution in [2.75, 3.05) is 0 Å². The van der Waals surface area contributed by atoms with E-state index in [1.54, 1.807) is 18.2 Å². The highest BCUT2D eigenvalue weighted by Gasteiger charge is 2.25. The molecule has 0 saturated heterocycles. The summed E-state index contributed by atoms with van der Waals surface area (Å²) in [7, 11) is 0. The summed E-state index contributed by atoms with van der Waals surface area (Å²) in [6.07, 6.45) is -0.652. The van der Waals surface area contributed by atoms with Crippen molar-refractivity contribution in [1.29, 1.82) is 0 Å². The lowest BCUT2D eigenvalue weighted by atomic mass is 9.89. The molecule has 0 aliphatic carbocycles. The van der Waals surface area contributed by atoms with E-state index in [1.807, 2.05) is 0 Å². The molecular formula is C58H36N2S. The van der Waals surface area contributed by atoms with Crippen molar-refractivity contribution >= 4 is 65.5 Å². The Kier molecular flexibility index (Phi) is 3.90. The minimum Gasteiger partial charge on any atom is -0.254 e. The molecule has 12 aromatic rings. The third-order valence-corrected chi connectivity index (χ3v) is 11.2. The number of benzene rings is 9. The number of hydrogen-bond acceptors (Lipinski definition) is 3. The highest BCUT2D eigenvalue weighted by Crippen LogP contribution is 2.54. The van der Waals surface area contributed by atoms with E-state index in [0.717, 1.165) is 0 Å². The second kappa shape index (κ2) is 14.5. The second-order valence-corrected chi connectivity index (χ2v) is 14.4. The van der Waals surface area contributed by atoms with Crippen molar-refractivity contribution in [3.8, 4) is 65.5 Å². The summed E-state index contributed by atoms with van der Waals surface area (Å²) in [5, 5.41) is -2.56. The molecule has 9 aromatic carbocycles. The molecule has 0 atom stereocenters. The van der Waals surface area contributed by atoms with Gasteiger partial charge in [-0.25, -0.2) is 4.98 Å². The van der Waals surface area contributed by atoms with Gasteiger partial charge in [0.1, 0.15) is 0 Å². The van der Waals surface area contributed by atoms with E-state index in [-0.39, 0.29) is 55.0 Å². The van der Waals surface area contributed by atoms with Gasteiger partial charge in [-0.1, -0.05) is 194 Å². The molecule has 0 aliphatic heterocycles. The van der Waals surface area contributed by atoms with Gasteiger partial charge in [0.2, 0.25) is 0 Å². The fourth-order valence-electron chi connectivity index (χ4n) is 7.38. The molecule has 0 N–H and O–H groups in total. The summed E-state index contributed by atoms with van der Waals surface area (Å²) < 4.78 is 273. The van der Waals surface area contributed by atoms with Gasteiger partial charge in [0.25, 0.3) is 0 Å². The first kappa shape index (κ1) is 16.4. The normalized spacial score (nSPS) is 18.5. The van der Waals surface area contributed by atoms with Gasteiger partial charge in [-0.05, 0) is 78.3 Å². The predicted molar refractivity (Wildman–Crippen MR) is 260 cm³/mol. The van der Waals surface area contributed by atoms with E-state index in [2.05, 4.69) is 9.97 Å². The smallest absolute Gasteiger partial charge is 0.0972 e. The molecule has 12 rings (SSSR count). The quantitative estimate of drug-likeness (QED) is 0.156. The van der Waals surface area contributed by atoms with Crippen LogP contribution in [0.25, 0.3) is 120 Å². The Labute approximate surface area is 399 Å². The zero-order chi connectivity index (χ0) is 66.4. The van der Waals surface area contributed by atoms with Crippen LogP contribution < -0.4 is 0 Å². The predicted octanol–water partition coefficient (Wildman–Crippen LogP) is 16.3. The van der Waals surface area contributed by atoms with Gasteiger partial charge >= 0.3 is 0 Å². The summed E-state index contributed by atoms with van der Waals surface area (Å²) in [6, 6.07) is -15.9. The molecule has 0 saturated carbocycles. The summed E-state index contributed by atoms with van der Waals surface area (Å²) in [5.41, 5.74) is -5.35.